The van der Waals surface area contributed by atoms with Crippen molar-refractivity contribution in [2.45, 2.75) is 71.3 Å². The third-order valence-corrected chi connectivity index (χ3v) is 4.74. The van der Waals surface area contributed by atoms with Crippen molar-refractivity contribution in [1.82, 2.24) is 5.32 Å². The molecule has 0 amide bonds. The van der Waals surface area contributed by atoms with Crippen molar-refractivity contribution in [2.75, 3.05) is 6.54 Å². The molecule has 1 aliphatic rings. The van der Waals surface area contributed by atoms with Crippen molar-refractivity contribution >= 4 is 0 Å². The molecular weight excluding hydrogens is 242 g/mol. The van der Waals surface area contributed by atoms with Gasteiger partial charge >= 0.3 is 0 Å². The van der Waals surface area contributed by atoms with Crippen LogP contribution in [0.2, 0.25) is 0 Å². The van der Waals surface area contributed by atoms with Crippen LogP contribution in [0.25, 0.3) is 0 Å². The molecule has 2 unspecified atom stereocenters. The van der Waals surface area contributed by atoms with E-state index >= 15 is 0 Å². The normalized spacial score (nSPS) is 23.5. The van der Waals surface area contributed by atoms with Crippen LogP contribution in [0.3, 0.4) is 0 Å². The van der Waals surface area contributed by atoms with Crippen LogP contribution in [0.1, 0.15) is 63.5 Å². The molecule has 0 saturated heterocycles. The van der Waals surface area contributed by atoms with Crippen LogP contribution in [0.15, 0.2) is 24.3 Å². The second-order valence-electron chi connectivity index (χ2n) is 6.33. The van der Waals surface area contributed by atoms with E-state index in [4.69, 9.17) is 0 Å². The summed E-state index contributed by atoms with van der Waals surface area (Å²) in [5.74, 6) is 0.830. The third-order valence-electron chi connectivity index (χ3n) is 4.74. The lowest BCUT2D eigenvalue weighted by molar-refractivity contribution is 0.332. The highest BCUT2D eigenvalue weighted by molar-refractivity contribution is 5.23. The van der Waals surface area contributed by atoms with Crippen molar-refractivity contribution in [3.05, 3.63) is 35.4 Å². The molecule has 2 rings (SSSR count). The fourth-order valence-corrected chi connectivity index (χ4v) is 3.44. The Morgan fingerprint density at radius 3 is 2.35 bits per heavy atom. The molecule has 1 aromatic carbocycles. The summed E-state index contributed by atoms with van der Waals surface area (Å²) in [6, 6.07) is 10.0. The van der Waals surface area contributed by atoms with Gasteiger partial charge in [-0.05, 0) is 55.7 Å². The average Bonchev–Trinajstić information content (AvgIpc) is 2.71. The van der Waals surface area contributed by atoms with Gasteiger partial charge in [-0.3, -0.25) is 0 Å². The number of nitrogens with one attached hydrogen (secondary N) is 1. The highest BCUT2D eigenvalue weighted by atomic mass is 14.9. The SMILES string of the molecule is CCCNC1CCCCCC1Cc1ccc(CC)cc1. The van der Waals surface area contributed by atoms with Gasteiger partial charge in [-0.1, -0.05) is 57.4 Å². The summed E-state index contributed by atoms with van der Waals surface area (Å²) in [6.07, 6.45) is 10.7. The van der Waals surface area contributed by atoms with E-state index in [1.165, 1.54) is 62.6 Å². The van der Waals surface area contributed by atoms with Crippen molar-refractivity contribution < 1.29 is 0 Å². The maximum atomic E-state index is 3.80. The van der Waals surface area contributed by atoms with E-state index in [9.17, 15) is 0 Å². The number of rotatable bonds is 6. The van der Waals surface area contributed by atoms with E-state index in [1.807, 2.05) is 0 Å². The number of hydrogen-bond acceptors (Lipinski definition) is 1. The molecule has 0 aromatic heterocycles. The molecule has 1 fully saturated rings. The molecule has 0 spiro atoms. The maximum Gasteiger partial charge on any atom is 0.00984 e. The summed E-state index contributed by atoms with van der Waals surface area (Å²) in [4.78, 5) is 0. The van der Waals surface area contributed by atoms with Crippen molar-refractivity contribution in [3.8, 4) is 0 Å². The Bertz CT molecular complexity index is 368. The molecule has 1 aliphatic carbocycles. The third kappa shape index (κ3) is 4.63. The minimum absolute atomic E-state index is 0.739. The lowest BCUT2D eigenvalue weighted by Gasteiger charge is -2.26. The maximum absolute atomic E-state index is 3.80. The van der Waals surface area contributed by atoms with Gasteiger partial charge < -0.3 is 5.32 Å². The van der Waals surface area contributed by atoms with Gasteiger partial charge in [-0.25, -0.2) is 0 Å². The molecular formula is C19H31N. The van der Waals surface area contributed by atoms with Gasteiger partial charge in [0.2, 0.25) is 0 Å². The van der Waals surface area contributed by atoms with Crippen LogP contribution in [0.4, 0.5) is 0 Å². The van der Waals surface area contributed by atoms with Crippen LogP contribution in [-0.4, -0.2) is 12.6 Å². The Morgan fingerprint density at radius 2 is 1.65 bits per heavy atom. The summed E-state index contributed by atoms with van der Waals surface area (Å²) in [7, 11) is 0. The van der Waals surface area contributed by atoms with E-state index in [2.05, 4.69) is 43.4 Å². The van der Waals surface area contributed by atoms with E-state index < -0.39 is 0 Å². The molecule has 0 bridgehead atoms. The Morgan fingerprint density at radius 1 is 0.950 bits per heavy atom. The van der Waals surface area contributed by atoms with E-state index in [-0.39, 0.29) is 0 Å². The van der Waals surface area contributed by atoms with E-state index in [1.54, 1.807) is 0 Å². The number of aryl methyl sites for hydroxylation is 1. The Labute approximate surface area is 125 Å². The molecule has 0 heterocycles. The second-order valence-corrected chi connectivity index (χ2v) is 6.33. The van der Waals surface area contributed by atoms with Crippen LogP contribution < -0.4 is 5.32 Å². The van der Waals surface area contributed by atoms with Crippen molar-refractivity contribution in [3.63, 3.8) is 0 Å². The van der Waals surface area contributed by atoms with Crippen LogP contribution in [0.5, 0.6) is 0 Å². The fraction of sp³-hybridized carbons (Fsp3) is 0.684. The highest BCUT2D eigenvalue weighted by Gasteiger charge is 2.23. The number of benzene rings is 1. The monoisotopic (exact) mass is 273 g/mol. The van der Waals surface area contributed by atoms with Gasteiger partial charge in [0, 0.05) is 6.04 Å². The minimum atomic E-state index is 0.739. The second kappa shape index (κ2) is 8.46. The zero-order valence-corrected chi connectivity index (χ0v) is 13.3. The predicted molar refractivity (Wildman–Crippen MR) is 88.2 cm³/mol. The van der Waals surface area contributed by atoms with Crippen LogP contribution in [0, 0.1) is 5.92 Å². The first-order valence-corrected chi connectivity index (χ1v) is 8.64. The summed E-state index contributed by atoms with van der Waals surface area (Å²) >= 11 is 0. The molecule has 1 saturated carbocycles. The van der Waals surface area contributed by atoms with Gasteiger partial charge in [0.1, 0.15) is 0 Å². The van der Waals surface area contributed by atoms with E-state index in [0.717, 1.165) is 18.4 Å². The first-order valence-electron chi connectivity index (χ1n) is 8.64. The topological polar surface area (TPSA) is 12.0 Å². The van der Waals surface area contributed by atoms with Crippen LogP contribution in [-0.2, 0) is 12.8 Å². The Balaban J connectivity index is 1.98. The molecule has 1 nitrogen and oxygen atoms in total. The predicted octanol–water partition coefficient (Wildman–Crippen LogP) is 4.74. The van der Waals surface area contributed by atoms with Gasteiger partial charge in [0.05, 0.1) is 0 Å². The van der Waals surface area contributed by atoms with Crippen LogP contribution >= 0.6 is 0 Å². The first-order chi connectivity index (χ1) is 9.83. The summed E-state index contributed by atoms with van der Waals surface area (Å²) in [5.41, 5.74) is 2.98. The summed E-state index contributed by atoms with van der Waals surface area (Å²) < 4.78 is 0. The van der Waals surface area contributed by atoms with Crippen molar-refractivity contribution in [2.24, 2.45) is 5.92 Å². The van der Waals surface area contributed by atoms with Gasteiger partial charge in [0.15, 0.2) is 0 Å². The van der Waals surface area contributed by atoms with Gasteiger partial charge in [-0.15, -0.1) is 0 Å². The summed E-state index contributed by atoms with van der Waals surface area (Å²) in [5, 5.41) is 3.80. The zero-order valence-electron chi connectivity index (χ0n) is 13.3. The highest BCUT2D eigenvalue weighted by Crippen LogP contribution is 2.27. The lowest BCUT2D eigenvalue weighted by atomic mass is 9.88. The van der Waals surface area contributed by atoms with Gasteiger partial charge in [0.25, 0.3) is 0 Å². The van der Waals surface area contributed by atoms with E-state index in [0.29, 0.717) is 0 Å². The molecule has 1 aromatic rings. The zero-order chi connectivity index (χ0) is 14.2. The first kappa shape index (κ1) is 15.6. The van der Waals surface area contributed by atoms with Crippen molar-refractivity contribution in [1.29, 1.82) is 0 Å². The average molecular weight is 273 g/mol. The molecule has 0 radical (unpaired) electrons. The lowest BCUT2D eigenvalue weighted by Crippen LogP contribution is -2.37. The molecule has 0 aliphatic heterocycles. The standard InChI is InChI=1S/C19H31N/c1-3-14-20-19-9-7-5-6-8-18(19)15-17-12-10-16(4-2)11-13-17/h10-13,18-20H,3-9,14-15H2,1-2H3. The largest absolute Gasteiger partial charge is 0.314 e. The molecule has 20 heavy (non-hydrogen) atoms. The Kier molecular flexibility index (Phi) is 6.59. The van der Waals surface area contributed by atoms with Gasteiger partial charge in [-0.2, -0.15) is 0 Å². The molecule has 1 heteroatoms. The molecule has 112 valence electrons. The smallest absolute Gasteiger partial charge is 0.00984 e. The number of hydrogen-bond donors (Lipinski definition) is 1. The minimum Gasteiger partial charge on any atom is -0.314 e. The molecule has 1 N–H and O–H groups in total. The fourth-order valence-electron chi connectivity index (χ4n) is 3.44. The Hall–Kier alpha value is -0.820. The molecule has 2 atom stereocenters. The summed E-state index contributed by atoms with van der Waals surface area (Å²) in [6.45, 7) is 5.67. The quantitative estimate of drug-likeness (QED) is 0.738.